The third-order valence-electron chi connectivity index (χ3n) is 0. The van der Waals surface area contributed by atoms with Crippen LogP contribution < -0.4 is 0 Å². The Balaban J connectivity index is -0.000000117. The average molecular weight is 224 g/mol. The largest absolute Gasteiger partial charge is 0.466 e. The van der Waals surface area contributed by atoms with Gasteiger partial charge in [0.15, 0.2) is 0 Å². The van der Waals surface area contributed by atoms with Crippen LogP contribution in [0.2, 0.25) is 0 Å². The molecule has 0 bridgehead atoms. The van der Waals surface area contributed by atoms with Gasteiger partial charge in [0.1, 0.15) is 0 Å². The predicted molar refractivity (Wildman–Crippen MR) is 31.8 cm³/mol. The van der Waals surface area contributed by atoms with Crippen molar-refractivity contribution in [3.8, 4) is 0 Å². The summed E-state index contributed by atoms with van der Waals surface area (Å²) >= 11 is 0. The zero-order valence-corrected chi connectivity index (χ0v) is 6.51. The summed E-state index contributed by atoms with van der Waals surface area (Å²) in [6.45, 7) is 0. The lowest BCUT2D eigenvalue weighted by Gasteiger charge is -1.82. The van der Waals surface area contributed by atoms with Gasteiger partial charge in [-0.3, -0.25) is 0 Å². The lowest BCUT2D eigenvalue weighted by atomic mass is 13.1. The van der Waals surface area contributed by atoms with E-state index in [9.17, 15) is 0 Å². The van der Waals surface area contributed by atoms with Gasteiger partial charge in [-0.15, -0.1) is 20.2 Å². The van der Waals surface area contributed by atoms with Crippen LogP contribution in [0, 0.1) is 20.2 Å². The SMILES string of the molecule is O=P(O)(O)O.O=[N+]([O-])O.O=[N+]([O-])O. The molecule has 12 nitrogen and oxygen atoms in total. The van der Waals surface area contributed by atoms with Crippen LogP contribution in [0.1, 0.15) is 0 Å². The zero-order valence-electron chi connectivity index (χ0n) is 5.62. The maximum atomic E-state index is 8.88. The molecule has 0 aliphatic rings. The molecule has 0 radical (unpaired) electrons. The molecule has 13 heteroatoms. The van der Waals surface area contributed by atoms with E-state index in [0.717, 1.165) is 0 Å². The van der Waals surface area contributed by atoms with Gasteiger partial charge in [-0.25, -0.2) is 4.57 Å². The standard InChI is InChI=1S/2HNO3.H3O4P/c2*2-1(3)4;1-5(2,3)4/h2*(H,2,3,4);(H3,1,2,3,4). The molecule has 80 valence electrons. The first-order chi connectivity index (χ1) is 5.46. The molecule has 0 atom stereocenters. The summed E-state index contributed by atoms with van der Waals surface area (Å²) in [4.78, 5) is 38.3. The number of phosphoric acid groups is 1. The second-order valence-electron chi connectivity index (χ2n) is 0.989. The van der Waals surface area contributed by atoms with E-state index in [2.05, 4.69) is 0 Å². The van der Waals surface area contributed by atoms with E-state index >= 15 is 0 Å². The number of rotatable bonds is 0. The fourth-order valence-electron chi connectivity index (χ4n) is 0. The number of nitrogens with zero attached hydrogens (tertiary/aromatic N) is 2. The van der Waals surface area contributed by atoms with E-state index in [0.29, 0.717) is 0 Å². The molecule has 0 saturated heterocycles. The molecule has 0 spiro atoms. The van der Waals surface area contributed by atoms with Crippen molar-refractivity contribution in [1.82, 2.24) is 0 Å². The molecule has 0 aliphatic carbocycles. The minimum Gasteiger partial charge on any atom is -0.328 e. The van der Waals surface area contributed by atoms with Crippen molar-refractivity contribution >= 4 is 7.82 Å². The Morgan fingerprint density at radius 1 is 0.923 bits per heavy atom. The molecule has 13 heavy (non-hydrogen) atoms. The Hall–Kier alpha value is -1.49. The molecule has 0 heterocycles. The summed E-state index contributed by atoms with van der Waals surface area (Å²) in [5.41, 5.74) is 0. The van der Waals surface area contributed by atoms with Crippen molar-refractivity contribution < 1.29 is 39.8 Å². The first-order valence-electron chi connectivity index (χ1n) is 1.91. The van der Waals surface area contributed by atoms with Gasteiger partial charge in [0, 0.05) is 0 Å². The highest BCUT2D eigenvalue weighted by Crippen LogP contribution is 2.25. The van der Waals surface area contributed by atoms with Gasteiger partial charge in [-0.2, -0.15) is 0 Å². The third-order valence-corrected chi connectivity index (χ3v) is 0. The molecule has 0 saturated carbocycles. The first kappa shape index (κ1) is 17.6. The predicted octanol–water partition coefficient (Wildman–Crippen LogP) is -1.62. The topological polar surface area (TPSA) is 204 Å². The molecular weight excluding hydrogens is 219 g/mol. The Bertz CT molecular complexity index is 161. The van der Waals surface area contributed by atoms with E-state index in [-0.39, 0.29) is 0 Å². The van der Waals surface area contributed by atoms with Crippen LogP contribution in [0.25, 0.3) is 0 Å². The zero-order chi connectivity index (χ0) is 11.7. The van der Waals surface area contributed by atoms with Gasteiger partial charge in [-0.1, -0.05) is 0 Å². The molecule has 0 aromatic heterocycles. The van der Waals surface area contributed by atoms with Crippen molar-refractivity contribution in [3.63, 3.8) is 0 Å². The van der Waals surface area contributed by atoms with Crippen molar-refractivity contribution in [1.29, 1.82) is 0 Å². The monoisotopic (exact) mass is 224 g/mol. The van der Waals surface area contributed by atoms with Crippen LogP contribution in [0.5, 0.6) is 0 Å². The highest BCUT2D eigenvalue weighted by Gasteiger charge is 2.00. The molecule has 0 aliphatic heterocycles. The Morgan fingerprint density at radius 2 is 0.923 bits per heavy atom. The fourth-order valence-corrected chi connectivity index (χ4v) is 0. The molecule has 0 amide bonds. The van der Waals surface area contributed by atoms with Gasteiger partial charge in [-0.05, 0) is 0 Å². The minimum atomic E-state index is -4.64. The molecule has 0 aromatic carbocycles. The minimum absolute atomic E-state index is 1.50. The maximum absolute atomic E-state index is 8.88. The van der Waals surface area contributed by atoms with Crippen LogP contribution in [-0.4, -0.2) is 35.3 Å². The second kappa shape index (κ2) is 8.61. The van der Waals surface area contributed by atoms with E-state index in [4.69, 9.17) is 49.9 Å². The number of hydrogen-bond donors (Lipinski definition) is 5. The van der Waals surface area contributed by atoms with Crippen LogP contribution in [0.15, 0.2) is 0 Å². The molecular formula is H5N2O10P. The van der Waals surface area contributed by atoms with Crippen molar-refractivity contribution in [2.24, 2.45) is 0 Å². The van der Waals surface area contributed by atoms with E-state index in [1.807, 2.05) is 0 Å². The van der Waals surface area contributed by atoms with Gasteiger partial charge in [0.25, 0.3) is 10.2 Å². The summed E-state index contributed by atoms with van der Waals surface area (Å²) in [5.74, 6) is 0. The normalized spacial score (nSPS) is 8.23. The smallest absolute Gasteiger partial charge is 0.328 e. The summed E-state index contributed by atoms with van der Waals surface area (Å²) in [6, 6.07) is 0. The van der Waals surface area contributed by atoms with Gasteiger partial charge in [0.2, 0.25) is 0 Å². The molecule has 5 N–H and O–H groups in total. The summed E-state index contributed by atoms with van der Waals surface area (Å²) in [5, 5.41) is 27.3. The molecule has 0 fully saturated rings. The first-order valence-corrected chi connectivity index (χ1v) is 3.48. The summed E-state index contributed by atoms with van der Waals surface area (Å²) in [6.07, 6.45) is 0. The van der Waals surface area contributed by atoms with Crippen LogP contribution >= 0.6 is 7.82 Å². The van der Waals surface area contributed by atoms with E-state index < -0.39 is 18.0 Å². The van der Waals surface area contributed by atoms with E-state index in [1.54, 1.807) is 0 Å². The second-order valence-corrected chi connectivity index (χ2v) is 2.02. The summed E-state index contributed by atoms with van der Waals surface area (Å²) in [7, 11) is -4.64. The van der Waals surface area contributed by atoms with Gasteiger partial charge < -0.3 is 25.1 Å². The highest BCUT2D eigenvalue weighted by atomic mass is 31.2. The molecule has 0 rings (SSSR count). The van der Waals surface area contributed by atoms with Gasteiger partial charge in [0.05, 0.1) is 0 Å². The third kappa shape index (κ3) is 343. The molecule has 0 unspecified atom stereocenters. The lowest BCUT2D eigenvalue weighted by Crippen LogP contribution is -1.81. The highest BCUT2D eigenvalue weighted by molar-refractivity contribution is 7.45. The van der Waals surface area contributed by atoms with Crippen LogP contribution in [0.3, 0.4) is 0 Å². The fraction of sp³-hybridized carbons (Fsp3) is 0. The van der Waals surface area contributed by atoms with Crippen molar-refractivity contribution in [2.75, 3.05) is 0 Å². The summed E-state index contributed by atoms with van der Waals surface area (Å²) < 4.78 is 8.88. The maximum Gasteiger partial charge on any atom is 0.466 e. The van der Waals surface area contributed by atoms with Crippen molar-refractivity contribution in [3.05, 3.63) is 20.2 Å². The Kier molecular flexibility index (Phi) is 11.6. The Labute approximate surface area is 69.1 Å². The van der Waals surface area contributed by atoms with E-state index in [1.165, 1.54) is 0 Å². The number of hydrogen-bond acceptors (Lipinski definition) is 5. The van der Waals surface area contributed by atoms with Gasteiger partial charge >= 0.3 is 7.82 Å². The average Bonchev–Trinajstić information content (AvgIpc) is 1.50. The van der Waals surface area contributed by atoms with Crippen LogP contribution in [-0.2, 0) is 4.57 Å². The molecule has 0 aromatic rings. The quantitative estimate of drug-likeness (QED) is 0.180. The Morgan fingerprint density at radius 3 is 0.923 bits per heavy atom. The van der Waals surface area contributed by atoms with Crippen LogP contribution in [0.4, 0.5) is 0 Å². The lowest BCUT2D eigenvalue weighted by molar-refractivity contribution is -0.742. The van der Waals surface area contributed by atoms with Crippen molar-refractivity contribution in [2.45, 2.75) is 0 Å².